The topological polar surface area (TPSA) is 96.0 Å². The molecule has 7 heteroatoms. The van der Waals surface area contributed by atoms with Crippen molar-refractivity contribution in [3.8, 4) is 0 Å². The van der Waals surface area contributed by atoms with Gasteiger partial charge in [-0.15, -0.1) is 0 Å². The maximum Gasteiger partial charge on any atom is 1.00 e. The van der Waals surface area contributed by atoms with Crippen molar-refractivity contribution in [3.63, 3.8) is 0 Å². The van der Waals surface area contributed by atoms with Crippen LogP contribution < -0.4 is 10.6 Å². The number of anilines is 1. The number of rotatable bonds is 6. The van der Waals surface area contributed by atoms with E-state index in [9.17, 15) is 9.59 Å². The molecule has 1 atom stereocenters. The van der Waals surface area contributed by atoms with Crippen LogP contribution in [-0.4, -0.2) is 43.3 Å². The number of primary amides is 1. The Morgan fingerprint density at radius 2 is 1.90 bits per heavy atom. The molecule has 0 saturated carbocycles. The predicted octanol–water partition coefficient (Wildman–Crippen LogP) is 0.498. The molecule has 0 fully saturated rings. The number of hydrogen-bond donors (Lipinski definition) is 2. The van der Waals surface area contributed by atoms with E-state index in [1.807, 2.05) is 43.3 Å². The van der Waals surface area contributed by atoms with E-state index in [4.69, 9.17) is 10.8 Å². The van der Waals surface area contributed by atoms with Gasteiger partial charge in [-0.1, -0.05) is 12.1 Å². The number of aliphatic carboxylic acids is 1. The average Bonchev–Trinajstić information content (AvgIpc) is 2.34. The Kier molecular flexibility index (Phi) is 7.57. The van der Waals surface area contributed by atoms with Crippen LogP contribution in [-0.2, 0) is 26.7 Å². The zero-order valence-corrected chi connectivity index (χ0v) is 12.1. The van der Waals surface area contributed by atoms with Crippen LogP contribution in [0.4, 0.5) is 5.69 Å². The van der Waals surface area contributed by atoms with Gasteiger partial charge in [-0.05, 0) is 17.7 Å². The molecule has 112 valence electrons. The fourth-order valence-corrected chi connectivity index (χ4v) is 1.43. The van der Waals surface area contributed by atoms with E-state index >= 15 is 0 Å². The number of carbonyl (C=O) groups excluding carboxylic acids is 1. The van der Waals surface area contributed by atoms with Crippen molar-refractivity contribution in [3.05, 3.63) is 29.8 Å². The first-order chi connectivity index (χ1) is 8.90. The maximum absolute atomic E-state index is 10.9. The molecule has 0 heterocycles. The van der Waals surface area contributed by atoms with Gasteiger partial charge in [0.15, 0.2) is 6.04 Å². The Morgan fingerprint density at radius 1 is 1.35 bits per heavy atom. The number of nitrogens with two attached hydrogens (primary N) is 1. The van der Waals surface area contributed by atoms with Crippen LogP contribution in [0.15, 0.2) is 29.3 Å². The first kappa shape index (κ1) is 18.1. The van der Waals surface area contributed by atoms with E-state index in [-0.39, 0.29) is 23.5 Å². The van der Waals surface area contributed by atoms with Crippen LogP contribution in [0.1, 0.15) is 12.0 Å². The summed E-state index contributed by atoms with van der Waals surface area (Å²) in [4.78, 5) is 27.4. The first-order valence-corrected chi connectivity index (χ1v) is 5.72. The van der Waals surface area contributed by atoms with E-state index in [0.717, 1.165) is 11.3 Å². The van der Waals surface area contributed by atoms with Crippen LogP contribution >= 0.6 is 0 Å². The molecule has 1 aromatic carbocycles. The second-order valence-corrected chi connectivity index (χ2v) is 4.29. The number of benzene rings is 1. The van der Waals surface area contributed by atoms with Gasteiger partial charge in [-0.2, -0.15) is 0 Å². The summed E-state index contributed by atoms with van der Waals surface area (Å²) in [7, 11) is 3.85. The summed E-state index contributed by atoms with van der Waals surface area (Å²) < 4.78 is 0. The molecule has 3 N–H and O–H groups in total. The van der Waals surface area contributed by atoms with Crippen molar-refractivity contribution in [2.45, 2.75) is 12.5 Å². The number of amides is 1. The molecule has 0 radical (unpaired) electrons. The van der Waals surface area contributed by atoms with Gasteiger partial charge >= 0.3 is 23.0 Å². The standard InChI is InChI=1S/C13H17N3O3.Cu/c1-16(2)10-5-3-9(4-6-10)8-15-11(13(18)19)7-12(14)17;/h3-6,8,11H,7H2,1-2H3,(H2,14,17)(H,18,19);/q;+1. The summed E-state index contributed by atoms with van der Waals surface area (Å²) in [6.45, 7) is 0. The van der Waals surface area contributed by atoms with Gasteiger partial charge in [-0.25, -0.2) is 4.79 Å². The van der Waals surface area contributed by atoms with Crippen molar-refractivity contribution in [1.29, 1.82) is 0 Å². The number of carboxylic acids is 1. The Bertz CT molecular complexity index is 486. The normalized spacial score (nSPS) is 11.7. The summed E-state index contributed by atoms with van der Waals surface area (Å²) in [6.07, 6.45) is 1.13. The number of carbonyl (C=O) groups is 2. The SMILES string of the molecule is CN(C)c1ccc(C=NC(CC(N)=O)C(=O)O)cc1.[Cu+]. The minimum atomic E-state index is -1.17. The largest absolute Gasteiger partial charge is 1.00 e. The molecule has 0 bridgehead atoms. The summed E-state index contributed by atoms with van der Waals surface area (Å²) in [5, 5.41) is 8.89. The molecule has 1 amide bonds. The summed E-state index contributed by atoms with van der Waals surface area (Å²) in [6, 6.07) is 6.30. The van der Waals surface area contributed by atoms with Gasteiger partial charge in [0.05, 0.1) is 6.42 Å². The number of carboxylic acid groups (broad SMARTS) is 1. The molecule has 0 aliphatic heterocycles. The third kappa shape index (κ3) is 5.86. The third-order valence-electron chi connectivity index (χ3n) is 2.49. The molecule has 0 aromatic heterocycles. The van der Waals surface area contributed by atoms with Gasteiger partial charge in [0, 0.05) is 26.0 Å². The molecule has 20 heavy (non-hydrogen) atoms. The smallest absolute Gasteiger partial charge is 0.480 e. The van der Waals surface area contributed by atoms with Gasteiger partial charge < -0.3 is 15.7 Å². The minimum absolute atomic E-state index is 0. The quantitative estimate of drug-likeness (QED) is 0.587. The molecule has 0 saturated heterocycles. The zero-order valence-electron chi connectivity index (χ0n) is 11.2. The van der Waals surface area contributed by atoms with Gasteiger partial charge in [0.2, 0.25) is 5.91 Å². The van der Waals surface area contributed by atoms with Crippen molar-refractivity contribution in [2.75, 3.05) is 19.0 Å². The molecule has 0 aliphatic carbocycles. The van der Waals surface area contributed by atoms with E-state index in [1.54, 1.807) is 0 Å². The molecule has 0 spiro atoms. The van der Waals surface area contributed by atoms with Crippen LogP contribution in [0, 0.1) is 0 Å². The predicted molar refractivity (Wildman–Crippen MR) is 73.6 cm³/mol. The molecular formula is C13H17CuN3O3+. The third-order valence-corrected chi connectivity index (χ3v) is 2.49. The van der Waals surface area contributed by atoms with Crippen LogP contribution in [0.3, 0.4) is 0 Å². The van der Waals surface area contributed by atoms with Crippen LogP contribution in [0.2, 0.25) is 0 Å². The van der Waals surface area contributed by atoms with E-state index in [1.165, 1.54) is 6.21 Å². The van der Waals surface area contributed by atoms with Gasteiger partial charge in [0.1, 0.15) is 0 Å². The van der Waals surface area contributed by atoms with E-state index in [2.05, 4.69) is 4.99 Å². The second-order valence-electron chi connectivity index (χ2n) is 4.29. The summed E-state index contributed by atoms with van der Waals surface area (Å²) in [5.74, 6) is -1.85. The van der Waals surface area contributed by atoms with Crippen LogP contribution in [0.25, 0.3) is 0 Å². The fourth-order valence-electron chi connectivity index (χ4n) is 1.43. The average molecular weight is 327 g/mol. The minimum Gasteiger partial charge on any atom is -0.480 e. The fraction of sp³-hybridized carbons (Fsp3) is 0.308. The Labute approximate surface area is 128 Å². The van der Waals surface area contributed by atoms with Crippen molar-refractivity contribution in [2.24, 2.45) is 10.7 Å². The number of nitrogens with zero attached hydrogens (tertiary/aromatic N) is 2. The molecule has 6 nitrogen and oxygen atoms in total. The molecule has 1 unspecified atom stereocenters. The van der Waals surface area contributed by atoms with E-state index in [0.29, 0.717) is 0 Å². The molecule has 1 aromatic rings. The van der Waals surface area contributed by atoms with Crippen molar-refractivity contribution < 1.29 is 31.8 Å². The number of aliphatic imine (C=N–C) groups is 1. The number of hydrogen-bond acceptors (Lipinski definition) is 4. The molecular weight excluding hydrogens is 310 g/mol. The summed E-state index contributed by atoms with van der Waals surface area (Å²) in [5.41, 5.74) is 6.77. The zero-order chi connectivity index (χ0) is 14.4. The Morgan fingerprint density at radius 3 is 2.30 bits per heavy atom. The monoisotopic (exact) mass is 326 g/mol. The first-order valence-electron chi connectivity index (χ1n) is 5.72. The molecule has 1 rings (SSSR count). The maximum atomic E-state index is 10.9. The van der Waals surface area contributed by atoms with Crippen molar-refractivity contribution in [1.82, 2.24) is 0 Å². The van der Waals surface area contributed by atoms with Gasteiger partial charge in [-0.3, -0.25) is 9.79 Å². The molecule has 0 aliphatic rings. The Balaban J connectivity index is 0.00000361. The van der Waals surface area contributed by atoms with Gasteiger partial charge in [0.25, 0.3) is 0 Å². The Hall–Kier alpha value is -1.85. The van der Waals surface area contributed by atoms with Crippen molar-refractivity contribution >= 4 is 23.8 Å². The van der Waals surface area contributed by atoms with E-state index < -0.39 is 17.9 Å². The van der Waals surface area contributed by atoms with Crippen LogP contribution in [0.5, 0.6) is 0 Å². The summed E-state index contributed by atoms with van der Waals surface area (Å²) >= 11 is 0. The second kappa shape index (κ2) is 8.35.